The Balaban J connectivity index is 2.47. The van der Waals surface area contributed by atoms with Crippen LogP contribution in [0.2, 0.25) is 0 Å². The van der Waals surface area contributed by atoms with Gasteiger partial charge in [0.15, 0.2) is 0 Å². The summed E-state index contributed by atoms with van der Waals surface area (Å²) in [4.78, 5) is 2.33. The van der Waals surface area contributed by atoms with Crippen molar-refractivity contribution in [2.24, 2.45) is 0 Å². The van der Waals surface area contributed by atoms with Gasteiger partial charge in [0.1, 0.15) is 4.32 Å². The standard InChI is InChI=1S/C9H17NS3/c1-7(13-9(2,3)4)10-5-6-12-8(10)11/h7H,5-6H2,1-4H3. The molecular weight excluding hydrogens is 218 g/mol. The molecule has 4 heteroatoms. The average Bonchev–Trinajstić information content (AvgIpc) is 2.30. The Kier molecular flexibility index (Phi) is 3.95. The molecule has 0 radical (unpaired) electrons. The third-order valence-electron chi connectivity index (χ3n) is 1.76. The molecule has 1 rings (SSSR count). The van der Waals surface area contributed by atoms with Gasteiger partial charge in [-0.05, 0) is 6.92 Å². The first-order valence-electron chi connectivity index (χ1n) is 4.51. The van der Waals surface area contributed by atoms with E-state index in [0.717, 1.165) is 16.6 Å². The molecule has 1 fully saturated rings. The summed E-state index contributed by atoms with van der Waals surface area (Å²) >= 11 is 9.07. The molecule has 76 valence electrons. The van der Waals surface area contributed by atoms with E-state index >= 15 is 0 Å². The van der Waals surface area contributed by atoms with E-state index in [2.05, 4.69) is 32.6 Å². The van der Waals surface area contributed by atoms with E-state index in [1.807, 2.05) is 11.8 Å². The quantitative estimate of drug-likeness (QED) is 0.676. The van der Waals surface area contributed by atoms with Crippen molar-refractivity contribution in [2.45, 2.75) is 37.8 Å². The first kappa shape index (κ1) is 11.7. The van der Waals surface area contributed by atoms with Gasteiger partial charge in [-0.1, -0.05) is 44.8 Å². The summed E-state index contributed by atoms with van der Waals surface area (Å²) in [7, 11) is 0. The fraction of sp³-hybridized carbons (Fsp3) is 0.889. The van der Waals surface area contributed by atoms with Crippen molar-refractivity contribution >= 4 is 40.1 Å². The molecule has 1 aliphatic heterocycles. The molecule has 0 aromatic carbocycles. The molecule has 0 bridgehead atoms. The molecule has 1 atom stereocenters. The Morgan fingerprint density at radius 1 is 1.54 bits per heavy atom. The number of thioether (sulfide) groups is 2. The maximum atomic E-state index is 5.28. The van der Waals surface area contributed by atoms with Gasteiger partial charge < -0.3 is 4.90 Å². The number of hydrogen-bond donors (Lipinski definition) is 0. The van der Waals surface area contributed by atoms with Crippen molar-refractivity contribution in [3.8, 4) is 0 Å². The summed E-state index contributed by atoms with van der Waals surface area (Å²) in [5.41, 5.74) is 0. The van der Waals surface area contributed by atoms with Gasteiger partial charge in [0, 0.05) is 17.0 Å². The average molecular weight is 235 g/mol. The van der Waals surface area contributed by atoms with E-state index in [-0.39, 0.29) is 0 Å². The molecule has 1 saturated heterocycles. The summed E-state index contributed by atoms with van der Waals surface area (Å²) in [6.45, 7) is 10.1. The van der Waals surface area contributed by atoms with E-state index in [4.69, 9.17) is 12.2 Å². The molecule has 1 aliphatic rings. The van der Waals surface area contributed by atoms with Gasteiger partial charge in [0.05, 0.1) is 5.37 Å². The van der Waals surface area contributed by atoms with E-state index in [1.165, 1.54) is 0 Å². The molecule has 0 amide bonds. The van der Waals surface area contributed by atoms with Crippen LogP contribution in [0, 0.1) is 0 Å². The predicted molar refractivity (Wildman–Crippen MR) is 68.6 cm³/mol. The Morgan fingerprint density at radius 2 is 2.15 bits per heavy atom. The highest BCUT2D eigenvalue weighted by molar-refractivity contribution is 8.23. The van der Waals surface area contributed by atoms with E-state index in [1.54, 1.807) is 11.8 Å². The Morgan fingerprint density at radius 3 is 2.54 bits per heavy atom. The lowest BCUT2D eigenvalue weighted by Crippen LogP contribution is -2.33. The summed E-state index contributed by atoms with van der Waals surface area (Å²) in [5.74, 6) is 1.16. The highest BCUT2D eigenvalue weighted by Gasteiger charge is 2.26. The van der Waals surface area contributed by atoms with E-state index in [0.29, 0.717) is 10.1 Å². The molecule has 1 nitrogen and oxygen atoms in total. The van der Waals surface area contributed by atoms with Crippen LogP contribution in [0.25, 0.3) is 0 Å². The van der Waals surface area contributed by atoms with Crippen LogP contribution in [0.3, 0.4) is 0 Å². The zero-order valence-corrected chi connectivity index (χ0v) is 11.1. The number of nitrogens with zero attached hydrogens (tertiary/aromatic N) is 1. The molecule has 0 aliphatic carbocycles. The third-order valence-corrected chi connectivity index (χ3v) is 4.51. The van der Waals surface area contributed by atoms with Crippen molar-refractivity contribution in [3.63, 3.8) is 0 Å². The molecule has 0 aromatic rings. The lowest BCUT2D eigenvalue weighted by atomic mass is 10.3. The predicted octanol–water partition coefficient (Wildman–Crippen LogP) is 3.20. The minimum absolute atomic E-state index is 0.322. The van der Waals surface area contributed by atoms with Gasteiger partial charge in [0.2, 0.25) is 0 Å². The van der Waals surface area contributed by atoms with E-state index < -0.39 is 0 Å². The summed E-state index contributed by atoms with van der Waals surface area (Å²) in [6.07, 6.45) is 0. The van der Waals surface area contributed by atoms with Crippen molar-refractivity contribution in [3.05, 3.63) is 0 Å². The van der Waals surface area contributed by atoms with Crippen LogP contribution in [0.1, 0.15) is 27.7 Å². The number of hydrogen-bond acceptors (Lipinski definition) is 3. The van der Waals surface area contributed by atoms with E-state index in [9.17, 15) is 0 Å². The van der Waals surface area contributed by atoms with Crippen molar-refractivity contribution < 1.29 is 0 Å². The van der Waals surface area contributed by atoms with Crippen LogP contribution in [-0.4, -0.2) is 31.6 Å². The van der Waals surface area contributed by atoms with Crippen LogP contribution in [-0.2, 0) is 0 Å². The lowest BCUT2D eigenvalue weighted by Gasteiger charge is -2.30. The Labute approximate surface area is 95.0 Å². The van der Waals surface area contributed by atoms with Crippen LogP contribution in [0.4, 0.5) is 0 Å². The van der Waals surface area contributed by atoms with Gasteiger partial charge >= 0.3 is 0 Å². The van der Waals surface area contributed by atoms with Gasteiger partial charge in [-0.15, -0.1) is 11.8 Å². The Hall–Kier alpha value is 0.590. The largest absolute Gasteiger partial charge is 0.345 e. The van der Waals surface area contributed by atoms with Crippen molar-refractivity contribution in [1.82, 2.24) is 4.90 Å². The monoisotopic (exact) mass is 235 g/mol. The molecule has 0 saturated carbocycles. The lowest BCUT2D eigenvalue weighted by molar-refractivity contribution is 0.459. The third kappa shape index (κ3) is 3.68. The molecule has 0 spiro atoms. The summed E-state index contributed by atoms with van der Waals surface area (Å²) in [5, 5.41) is 0.516. The smallest absolute Gasteiger partial charge is 0.137 e. The summed E-state index contributed by atoms with van der Waals surface area (Å²) < 4.78 is 1.40. The first-order valence-corrected chi connectivity index (χ1v) is 6.79. The number of thiocarbonyl (C=S) groups is 1. The van der Waals surface area contributed by atoms with Crippen LogP contribution < -0.4 is 0 Å². The zero-order valence-electron chi connectivity index (χ0n) is 8.66. The van der Waals surface area contributed by atoms with Crippen LogP contribution >= 0.6 is 35.7 Å². The minimum Gasteiger partial charge on any atom is -0.345 e. The van der Waals surface area contributed by atoms with Gasteiger partial charge in [-0.3, -0.25) is 0 Å². The second-order valence-electron chi connectivity index (χ2n) is 4.14. The summed E-state index contributed by atoms with van der Waals surface area (Å²) in [6, 6.07) is 0. The highest BCUT2D eigenvalue weighted by Crippen LogP contribution is 2.33. The van der Waals surface area contributed by atoms with Gasteiger partial charge in [0.25, 0.3) is 0 Å². The van der Waals surface area contributed by atoms with Gasteiger partial charge in [-0.2, -0.15) is 0 Å². The van der Waals surface area contributed by atoms with Crippen molar-refractivity contribution in [2.75, 3.05) is 12.3 Å². The molecule has 13 heavy (non-hydrogen) atoms. The fourth-order valence-corrected chi connectivity index (χ4v) is 4.18. The normalized spacial score (nSPS) is 20.9. The second kappa shape index (κ2) is 4.41. The minimum atomic E-state index is 0.322. The molecule has 1 heterocycles. The number of rotatable bonds is 2. The second-order valence-corrected chi connectivity index (χ2v) is 8.01. The Bertz CT molecular complexity index is 198. The zero-order chi connectivity index (χ0) is 10.1. The SMILES string of the molecule is CC(SC(C)(C)C)N1CCSC1=S. The highest BCUT2D eigenvalue weighted by atomic mass is 32.2. The topological polar surface area (TPSA) is 3.24 Å². The molecular formula is C9H17NS3. The van der Waals surface area contributed by atoms with Crippen molar-refractivity contribution in [1.29, 1.82) is 0 Å². The molecule has 0 N–H and O–H groups in total. The molecule has 0 aromatic heterocycles. The maximum absolute atomic E-state index is 5.28. The van der Waals surface area contributed by atoms with Gasteiger partial charge in [-0.25, -0.2) is 0 Å². The van der Waals surface area contributed by atoms with Crippen LogP contribution in [0.5, 0.6) is 0 Å². The first-order chi connectivity index (χ1) is 5.90. The van der Waals surface area contributed by atoms with Crippen LogP contribution in [0.15, 0.2) is 0 Å². The fourth-order valence-electron chi connectivity index (χ4n) is 1.31. The molecule has 1 unspecified atom stereocenters. The maximum Gasteiger partial charge on any atom is 0.137 e.